The Labute approximate surface area is 86.0 Å². The van der Waals surface area contributed by atoms with Gasteiger partial charge in [-0.2, -0.15) is 15.0 Å². The van der Waals surface area contributed by atoms with Gasteiger partial charge < -0.3 is 20.4 Å². The van der Waals surface area contributed by atoms with E-state index in [-0.39, 0.29) is 5.82 Å². The molecule has 0 aromatic carbocycles. The highest BCUT2D eigenvalue weighted by molar-refractivity contribution is 5.66. The Morgan fingerprint density at radius 3 is 2.75 bits per heavy atom. The molecule has 2 N–H and O–H groups in total. The Kier molecular flexibility index (Phi) is 2.19. The summed E-state index contributed by atoms with van der Waals surface area (Å²) in [5, 5.41) is 32.5. The van der Waals surface area contributed by atoms with Crippen LogP contribution in [0, 0.1) is 15.3 Å². The first-order valence-corrected chi connectivity index (χ1v) is 3.93. The molecule has 0 radical (unpaired) electrons. The topological polar surface area (TPSA) is 151 Å². The first-order chi connectivity index (χ1) is 7.54. The lowest BCUT2D eigenvalue weighted by atomic mass is 10.6. The number of nitrogens with one attached hydrogen (secondary N) is 1. The number of nitrogens with zero attached hydrogens (tertiary/aromatic N) is 5. The van der Waals surface area contributed by atoms with Crippen LogP contribution in [0.1, 0.15) is 5.82 Å². The van der Waals surface area contributed by atoms with Crippen LogP contribution in [0.5, 0.6) is 0 Å². The predicted octanol–water partition coefficient (Wildman–Crippen LogP) is -3.45. The lowest BCUT2D eigenvalue weighted by Crippen LogP contribution is -3.05. The van der Waals surface area contributed by atoms with E-state index < -0.39 is 34.2 Å². The molecule has 1 aliphatic rings. The summed E-state index contributed by atoms with van der Waals surface area (Å²) >= 11 is 0. The second-order valence-corrected chi connectivity index (χ2v) is 2.73. The zero-order valence-electron chi connectivity index (χ0n) is 7.52. The molecule has 1 unspecified atom stereocenters. The summed E-state index contributed by atoms with van der Waals surface area (Å²) in [6, 6.07) is 0. The van der Waals surface area contributed by atoms with Crippen LogP contribution in [0.15, 0.2) is 9.90 Å². The van der Waals surface area contributed by atoms with Crippen LogP contribution >= 0.6 is 0 Å². The Balaban J connectivity index is 2.61. The number of aliphatic hydroxyl groups excluding tert-OH is 1. The third-order valence-corrected chi connectivity index (χ3v) is 1.76. The van der Waals surface area contributed by atoms with Crippen molar-refractivity contribution < 1.29 is 15.1 Å². The average molecular weight is 228 g/mol. The Morgan fingerprint density at radius 1 is 1.50 bits per heavy atom. The second kappa shape index (κ2) is 3.41. The maximum absolute atomic E-state index is 11.4. The number of hydroxylamine groups is 1. The van der Waals surface area contributed by atoms with Gasteiger partial charge in [0.1, 0.15) is 11.7 Å². The number of nitro groups is 1. The fourth-order valence-corrected chi connectivity index (χ4v) is 1.11. The van der Waals surface area contributed by atoms with Gasteiger partial charge in [-0.25, -0.2) is 4.79 Å². The SMILES string of the molecule is O=c1nc(CO)nc2n1N=C([N+](=O)[O-])[NH+]2[O-]. The first-order valence-electron chi connectivity index (χ1n) is 3.93. The molecule has 1 aromatic rings. The molecular weight excluding hydrogens is 224 g/mol. The van der Waals surface area contributed by atoms with Gasteiger partial charge >= 0.3 is 17.6 Å². The van der Waals surface area contributed by atoms with Crippen molar-refractivity contribution in [3.8, 4) is 0 Å². The standard InChI is InChI=1S/C5H4N6O5/c12-1-2-6-3-9(5(13)7-2)8-4(10(3)14)11(15)16/h10,12H,1H2. The van der Waals surface area contributed by atoms with Crippen molar-refractivity contribution in [1.82, 2.24) is 14.6 Å². The van der Waals surface area contributed by atoms with E-state index in [2.05, 4.69) is 15.1 Å². The van der Waals surface area contributed by atoms with Crippen molar-refractivity contribution in [3.05, 3.63) is 31.6 Å². The van der Waals surface area contributed by atoms with Gasteiger partial charge in [0.2, 0.25) is 0 Å². The average Bonchev–Trinajstić information content (AvgIpc) is 2.57. The van der Waals surface area contributed by atoms with Crippen molar-refractivity contribution in [3.63, 3.8) is 0 Å². The van der Waals surface area contributed by atoms with E-state index >= 15 is 0 Å². The van der Waals surface area contributed by atoms with Gasteiger partial charge in [-0.1, -0.05) is 0 Å². The summed E-state index contributed by atoms with van der Waals surface area (Å²) in [5.74, 6) is -1.80. The summed E-state index contributed by atoms with van der Waals surface area (Å²) in [6.07, 6.45) is 0. The van der Waals surface area contributed by atoms with E-state index in [1.165, 1.54) is 0 Å². The van der Waals surface area contributed by atoms with Crippen LogP contribution in [-0.2, 0) is 6.61 Å². The van der Waals surface area contributed by atoms with Gasteiger partial charge in [0, 0.05) is 4.92 Å². The molecule has 2 heterocycles. The molecule has 11 nitrogen and oxygen atoms in total. The fourth-order valence-electron chi connectivity index (χ4n) is 1.11. The van der Waals surface area contributed by atoms with Crippen molar-refractivity contribution >= 4 is 11.9 Å². The molecule has 2 rings (SSSR count). The third-order valence-electron chi connectivity index (χ3n) is 1.76. The maximum atomic E-state index is 11.4. The molecule has 84 valence electrons. The number of hydrogen-bond donors (Lipinski definition) is 2. The summed E-state index contributed by atoms with van der Waals surface area (Å²) in [7, 11) is 0. The van der Waals surface area contributed by atoms with E-state index in [1.807, 2.05) is 0 Å². The van der Waals surface area contributed by atoms with Gasteiger partial charge in [0.25, 0.3) is 0 Å². The monoisotopic (exact) mass is 228 g/mol. The largest absolute Gasteiger partial charge is 0.615 e. The van der Waals surface area contributed by atoms with E-state index in [9.17, 15) is 20.1 Å². The van der Waals surface area contributed by atoms with Crippen molar-refractivity contribution in [2.45, 2.75) is 6.61 Å². The van der Waals surface area contributed by atoms with Crippen LogP contribution in [-0.4, -0.2) is 30.6 Å². The van der Waals surface area contributed by atoms with Gasteiger partial charge in [0.05, 0.1) is 0 Å². The number of aliphatic hydroxyl groups is 1. The summed E-state index contributed by atoms with van der Waals surface area (Å²) < 4.78 is 0.430. The van der Waals surface area contributed by atoms with E-state index in [1.54, 1.807) is 0 Å². The van der Waals surface area contributed by atoms with Crippen LogP contribution in [0.2, 0.25) is 0 Å². The number of fused-ring (bicyclic) bond motifs is 1. The normalized spacial score (nSPS) is 18.1. The van der Waals surface area contributed by atoms with Crippen molar-refractivity contribution in [2.75, 3.05) is 0 Å². The van der Waals surface area contributed by atoms with Gasteiger partial charge in [-0.15, -0.1) is 0 Å². The lowest BCUT2D eigenvalue weighted by Gasteiger charge is -2.08. The number of quaternary nitrogens is 1. The molecule has 0 saturated heterocycles. The lowest BCUT2D eigenvalue weighted by molar-refractivity contribution is -0.723. The van der Waals surface area contributed by atoms with E-state index in [0.29, 0.717) is 4.68 Å². The van der Waals surface area contributed by atoms with Crippen LogP contribution in [0.4, 0.5) is 5.95 Å². The Bertz CT molecular complexity index is 549. The van der Waals surface area contributed by atoms with E-state index in [4.69, 9.17) is 5.11 Å². The minimum atomic E-state index is -1.08. The highest BCUT2D eigenvalue weighted by Gasteiger charge is 2.39. The number of aromatic nitrogens is 3. The smallest absolute Gasteiger partial charge is 0.567 e. The molecule has 1 atom stereocenters. The first kappa shape index (κ1) is 10.3. The number of rotatable bonds is 1. The fraction of sp³-hybridized carbons (Fsp3) is 0.200. The summed E-state index contributed by atoms with van der Waals surface area (Å²) in [5.41, 5.74) is -1.00. The molecule has 11 heteroatoms. The zero-order chi connectivity index (χ0) is 11.9. The van der Waals surface area contributed by atoms with Gasteiger partial charge in [0.15, 0.2) is 5.82 Å². The summed E-state index contributed by atoms with van der Waals surface area (Å²) in [4.78, 5) is 27.3. The molecule has 0 aliphatic carbocycles. The van der Waals surface area contributed by atoms with Crippen molar-refractivity contribution in [2.24, 2.45) is 5.10 Å². The van der Waals surface area contributed by atoms with Crippen LogP contribution in [0.25, 0.3) is 0 Å². The van der Waals surface area contributed by atoms with Crippen molar-refractivity contribution in [1.29, 1.82) is 0 Å². The van der Waals surface area contributed by atoms with Crippen LogP contribution < -0.4 is 10.8 Å². The second-order valence-electron chi connectivity index (χ2n) is 2.73. The van der Waals surface area contributed by atoms with Gasteiger partial charge in [-0.05, 0) is 4.68 Å². The quantitative estimate of drug-likeness (QED) is 0.288. The summed E-state index contributed by atoms with van der Waals surface area (Å²) in [6.45, 7) is -0.649. The molecule has 16 heavy (non-hydrogen) atoms. The molecular formula is C5H4N6O5. The molecule has 1 aromatic heterocycles. The molecule has 0 saturated carbocycles. The third kappa shape index (κ3) is 1.35. The molecule has 1 aliphatic heterocycles. The Morgan fingerprint density at radius 2 is 2.19 bits per heavy atom. The number of guanidine groups is 1. The number of hydrogen-bond acceptors (Lipinski definition) is 8. The predicted molar refractivity (Wildman–Crippen MR) is 46.0 cm³/mol. The molecule has 0 fully saturated rings. The minimum Gasteiger partial charge on any atom is -0.615 e. The van der Waals surface area contributed by atoms with Gasteiger partial charge in [-0.3, -0.25) is 0 Å². The zero-order valence-corrected chi connectivity index (χ0v) is 7.52. The molecule has 0 bridgehead atoms. The van der Waals surface area contributed by atoms with E-state index in [0.717, 1.165) is 0 Å². The highest BCUT2D eigenvalue weighted by Crippen LogP contribution is 2.00. The highest BCUT2D eigenvalue weighted by atomic mass is 16.6. The van der Waals surface area contributed by atoms with Crippen LogP contribution in [0.3, 0.4) is 0 Å². The molecule has 0 amide bonds. The molecule has 0 spiro atoms. The maximum Gasteiger partial charge on any atom is 0.567 e. The minimum absolute atomic E-state index is 0.288. The Hall–Kier alpha value is -2.24.